The predicted octanol–water partition coefficient (Wildman–Crippen LogP) is 3.95. The minimum Gasteiger partial charge on any atom is -0.385 e. The molecule has 0 saturated carbocycles. The quantitative estimate of drug-likeness (QED) is 0.843. The molecule has 3 nitrogen and oxygen atoms in total. The maximum Gasteiger partial charge on any atom is 0.232 e. The van der Waals surface area contributed by atoms with Crippen LogP contribution < -0.4 is 10.6 Å². The van der Waals surface area contributed by atoms with Crippen LogP contribution in [0.15, 0.2) is 53.4 Å². The van der Waals surface area contributed by atoms with Crippen LogP contribution >= 0.6 is 11.8 Å². The molecule has 3 rings (SSSR count). The number of fused-ring (bicyclic) bond motifs is 1. The molecule has 2 aromatic rings. The van der Waals surface area contributed by atoms with Crippen LogP contribution in [-0.2, 0) is 4.79 Å². The van der Waals surface area contributed by atoms with Gasteiger partial charge in [0.05, 0.1) is 11.6 Å². The van der Waals surface area contributed by atoms with E-state index in [1.165, 1.54) is 0 Å². The average molecular weight is 298 g/mol. The molecule has 0 bridgehead atoms. The SMILES string of the molecule is CSc1ccccc1NC(=O)C1CCNc2ccccc21. The van der Waals surface area contributed by atoms with Crippen molar-refractivity contribution in [2.45, 2.75) is 17.2 Å². The van der Waals surface area contributed by atoms with E-state index in [-0.39, 0.29) is 11.8 Å². The molecule has 4 heteroatoms. The monoisotopic (exact) mass is 298 g/mol. The Hall–Kier alpha value is -1.94. The van der Waals surface area contributed by atoms with Crippen molar-refractivity contribution in [1.29, 1.82) is 0 Å². The number of nitrogens with one attached hydrogen (secondary N) is 2. The first kappa shape index (κ1) is 14.0. The van der Waals surface area contributed by atoms with Crippen molar-refractivity contribution < 1.29 is 4.79 Å². The Morgan fingerprint density at radius 1 is 1.19 bits per heavy atom. The number of anilines is 2. The van der Waals surface area contributed by atoms with Crippen LogP contribution in [0.3, 0.4) is 0 Å². The Bertz CT molecular complexity index is 657. The van der Waals surface area contributed by atoms with Crippen LogP contribution in [0, 0.1) is 0 Å². The molecule has 1 atom stereocenters. The summed E-state index contributed by atoms with van der Waals surface area (Å²) in [6.07, 6.45) is 2.84. The molecule has 0 aliphatic carbocycles. The highest BCUT2D eigenvalue weighted by atomic mass is 32.2. The molecule has 0 fully saturated rings. The molecule has 0 spiro atoms. The lowest BCUT2D eigenvalue weighted by molar-refractivity contribution is -0.117. The van der Waals surface area contributed by atoms with Gasteiger partial charge in [0.2, 0.25) is 5.91 Å². The van der Waals surface area contributed by atoms with E-state index in [4.69, 9.17) is 0 Å². The Morgan fingerprint density at radius 2 is 1.95 bits per heavy atom. The first-order chi connectivity index (χ1) is 10.3. The number of amides is 1. The molecule has 1 aliphatic rings. The van der Waals surface area contributed by atoms with Gasteiger partial charge in [-0.05, 0) is 36.4 Å². The molecule has 1 unspecified atom stereocenters. The third-order valence-electron chi connectivity index (χ3n) is 3.77. The fraction of sp³-hybridized carbons (Fsp3) is 0.235. The normalized spacial score (nSPS) is 16.7. The highest BCUT2D eigenvalue weighted by Gasteiger charge is 2.26. The van der Waals surface area contributed by atoms with Gasteiger partial charge in [0.1, 0.15) is 0 Å². The minimum absolute atomic E-state index is 0.0745. The summed E-state index contributed by atoms with van der Waals surface area (Å²) < 4.78 is 0. The van der Waals surface area contributed by atoms with Crippen LogP contribution in [0.4, 0.5) is 11.4 Å². The fourth-order valence-electron chi connectivity index (χ4n) is 2.71. The second kappa shape index (κ2) is 6.22. The van der Waals surface area contributed by atoms with E-state index in [1.807, 2.05) is 54.8 Å². The third-order valence-corrected chi connectivity index (χ3v) is 4.56. The summed E-state index contributed by atoms with van der Waals surface area (Å²) in [5, 5.41) is 6.43. The summed E-state index contributed by atoms with van der Waals surface area (Å²) in [6.45, 7) is 0.833. The molecule has 108 valence electrons. The lowest BCUT2D eigenvalue weighted by Gasteiger charge is -2.26. The number of rotatable bonds is 3. The van der Waals surface area contributed by atoms with Crippen molar-refractivity contribution in [2.75, 3.05) is 23.4 Å². The standard InChI is InChI=1S/C17H18N2OS/c1-21-16-9-5-4-8-15(16)19-17(20)13-10-11-18-14-7-3-2-6-12(13)14/h2-9,13,18H,10-11H2,1H3,(H,19,20). The second-order valence-corrected chi connectivity index (χ2v) is 5.89. The largest absolute Gasteiger partial charge is 0.385 e. The van der Waals surface area contributed by atoms with Gasteiger partial charge < -0.3 is 10.6 Å². The lowest BCUT2D eigenvalue weighted by atomic mass is 9.90. The Morgan fingerprint density at radius 3 is 2.81 bits per heavy atom. The molecule has 0 radical (unpaired) electrons. The van der Waals surface area contributed by atoms with Crippen molar-refractivity contribution in [3.63, 3.8) is 0 Å². The van der Waals surface area contributed by atoms with Gasteiger partial charge in [-0.15, -0.1) is 11.8 Å². The van der Waals surface area contributed by atoms with Crippen molar-refractivity contribution in [3.05, 3.63) is 54.1 Å². The van der Waals surface area contributed by atoms with Crippen LogP contribution in [0.5, 0.6) is 0 Å². The zero-order valence-electron chi connectivity index (χ0n) is 11.9. The summed E-state index contributed by atoms with van der Waals surface area (Å²) in [5.41, 5.74) is 3.05. The first-order valence-electron chi connectivity index (χ1n) is 7.06. The van der Waals surface area contributed by atoms with Crippen molar-refractivity contribution >= 4 is 29.0 Å². The van der Waals surface area contributed by atoms with Crippen LogP contribution in [0.1, 0.15) is 17.9 Å². The fourth-order valence-corrected chi connectivity index (χ4v) is 3.26. The summed E-state index contributed by atoms with van der Waals surface area (Å²) in [6, 6.07) is 16.0. The average Bonchev–Trinajstić information content (AvgIpc) is 2.54. The molecular weight excluding hydrogens is 280 g/mol. The molecule has 0 aromatic heterocycles. The number of hydrogen-bond acceptors (Lipinski definition) is 3. The molecule has 2 N–H and O–H groups in total. The van der Waals surface area contributed by atoms with Gasteiger partial charge in [-0.2, -0.15) is 0 Å². The van der Waals surface area contributed by atoms with Gasteiger partial charge in [0.15, 0.2) is 0 Å². The van der Waals surface area contributed by atoms with Crippen molar-refractivity contribution in [1.82, 2.24) is 0 Å². The highest BCUT2D eigenvalue weighted by Crippen LogP contribution is 2.33. The zero-order valence-corrected chi connectivity index (χ0v) is 12.7. The lowest BCUT2D eigenvalue weighted by Crippen LogP contribution is -2.27. The van der Waals surface area contributed by atoms with Gasteiger partial charge in [-0.3, -0.25) is 4.79 Å². The van der Waals surface area contributed by atoms with E-state index >= 15 is 0 Å². The minimum atomic E-state index is -0.0858. The molecule has 2 aromatic carbocycles. The number of hydrogen-bond donors (Lipinski definition) is 2. The van der Waals surface area contributed by atoms with E-state index in [1.54, 1.807) is 11.8 Å². The molecule has 0 saturated heterocycles. The summed E-state index contributed by atoms with van der Waals surface area (Å²) in [7, 11) is 0. The van der Waals surface area contributed by atoms with Gasteiger partial charge in [0.25, 0.3) is 0 Å². The predicted molar refractivity (Wildman–Crippen MR) is 89.1 cm³/mol. The van der Waals surface area contributed by atoms with Gasteiger partial charge in [-0.1, -0.05) is 30.3 Å². The number of carbonyl (C=O) groups is 1. The number of benzene rings is 2. The summed E-state index contributed by atoms with van der Waals surface area (Å²) >= 11 is 1.64. The molecule has 1 amide bonds. The maximum atomic E-state index is 12.7. The smallest absolute Gasteiger partial charge is 0.232 e. The van der Waals surface area contributed by atoms with Crippen LogP contribution in [0.25, 0.3) is 0 Å². The molecular formula is C17H18N2OS. The van der Waals surface area contributed by atoms with E-state index in [0.29, 0.717) is 0 Å². The number of thioether (sulfide) groups is 1. The summed E-state index contributed by atoms with van der Waals surface area (Å²) in [5.74, 6) is -0.0113. The van der Waals surface area contributed by atoms with Crippen LogP contribution in [0.2, 0.25) is 0 Å². The number of para-hydroxylation sites is 2. The van der Waals surface area contributed by atoms with E-state index < -0.39 is 0 Å². The topological polar surface area (TPSA) is 41.1 Å². The van der Waals surface area contributed by atoms with Crippen molar-refractivity contribution in [3.8, 4) is 0 Å². The van der Waals surface area contributed by atoms with Gasteiger partial charge in [-0.25, -0.2) is 0 Å². The maximum absolute atomic E-state index is 12.7. The second-order valence-electron chi connectivity index (χ2n) is 5.04. The van der Waals surface area contributed by atoms with Gasteiger partial charge in [0, 0.05) is 17.1 Å². The van der Waals surface area contributed by atoms with E-state index in [9.17, 15) is 4.79 Å². The highest BCUT2D eigenvalue weighted by molar-refractivity contribution is 7.98. The summed E-state index contributed by atoms with van der Waals surface area (Å²) in [4.78, 5) is 13.7. The Balaban J connectivity index is 1.84. The molecule has 1 heterocycles. The third kappa shape index (κ3) is 2.90. The first-order valence-corrected chi connectivity index (χ1v) is 8.29. The molecule has 21 heavy (non-hydrogen) atoms. The van der Waals surface area contributed by atoms with E-state index in [2.05, 4.69) is 10.6 Å². The Kier molecular flexibility index (Phi) is 4.15. The zero-order chi connectivity index (χ0) is 14.7. The molecule has 1 aliphatic heterocycles. The van der Waals surface area contributed by atoms with Crippen LogP contribution in [-0.4, -0.2) is 18.7 Å². The Labute approximate surface area is 129 Å². The van der Waals surface area contributed by atoms with Crippen molar-refractivity contribution in [2.24, 2.45) is 0 Å². The van der Waals surface area contributed by atoms with E-state index in [0.717, 1.165) is 34.8 Å². The van der Waals surface area contributed by atoms with Gasteiger partial charge >= 0.3 is 0 Å². The number of carbonyl (C=O) groups excluding carboxylic acids is 1.